The maximum Gasteiger partial charge on any atom is 0.312 e. The van der Waals surface area contributed by atoms with Gasteiger partial charge in [0.05, 0.1) is 5.41 Å². The molecule has 3 rings (SSSR count). The smallest absolute Gasteiger partial charge is 0.312 e. The van der Waals surface area contributed by atoms with E-state index in [1.54, 1.807) is 0 Å². The van der Waals surface area contributed by atoms with Gasteiger partial charge in [0.25, 0.3) is 0 Å². The number of benzene rings is 1. The molecule has 0 amide bonds. The van der Waals surface area contributed by atoms with Crippen LogP contribution in [-0.4, -0.2) is 11.6 Å². The first-order valence-electron chi connectivity index (χ1n) is 8.99. The predicted molar refractivity (Wildman–Crippen MR) is 93.4 cm³/mol. The molecule has 0 bridgehead atoms. The highest BCUT2D eigenvalue weighted by Crippen LogP contribution is 2.57. The van der Waals surface area contributed by atoms with Crippen molar-refractivity contribution in [2.45, 2.75) is 77.7 Å². The fourth-order valence-electron chi connectivity index (χ4n) is 5.07. The highest BCUT2D eigenvalue weighted by molar-refractivity contribution is 5.78. The van der Waals surface area contributed by atoms with Gasteiger partial charge in [-0.3, -0.25) is 4.79 Å². The second-order valence-corrected chi connectivity index (χ2v) is 8.94. The molecule has 1 aromatic rings. The maximum atomic E-state index is 13.0. The topological polar surface area (TPSA) is 26.3 Å². The summed E-state index contributed by atoms with van der Waals surface area (Å²) < 4.78 is 5.82. The van der Waals surface area contributed by atoms with Crippen molar-refractivity contribution in [1.29, 1.82) is 0 Å². The Kier molecular flexibility index (Phi) is 3.85. The molecular formula is C21H30O2. The highest BCUT2D eigenvalue weighted by Gasteiger charge is 2.56. The van der Waals surface area contributed by atoms with Gasteiger partial charge in [-0.2, -0.15) is 0 Å². The summed E-state index contributed by atoms with van der Waals surface area (Å²) in [6, 6.07) is 8.82. The van der Waals surface area contributed by atoms with E-state index in [0.717, 1.165) is 25.7 Å². The number of carbonyl (C=O) groups is 1. The van der Waals surface area contributed by atoms with Crippen molar-refractivity contribution in [3.63, 3.8) is 0 Å². The number of carbonyl (C=O) groups excluding carboxylic acids is 1. The molecule has 2 aliphatic carbocycles. The summed E-state index contributed by atoms with van der Waals surface area (Å²) in [5, 5.41) is 0. The quantitative estimate of drug-likeness (QED) is 0.679. The number of fused-ring (bicyclic) bond motifs is 3. The van der Waals surface area contributed by atoms with Crippen LogP contribution in [0.25, 0.3) is 0 Å². The van der Waals surface area contributed by atoms with Crippen LogP contribution in [0.4, 0.5) is 0 Å². The molecule has 0 aromatic heterocycles. The van der Waals surface area contributed by atoms with Crippen molar-refractivity contribution in [3.05, 3.63) is 35.4 Å². The number of rotatable bonds is 1. The molecule has 2 heteroatoms. The van der Waals surface area contributed by atoms with E-state index in [9.17, 15) is 4.79 Å². The van der Waals surface area contributed by atoms with E-state index in [4.69, 9.17) is 4.74 Å². The molecule has 1 fully saturated rings. The second kappa shape index (κ2) is 5.36. The molecule has 23 heavy (non-hydrogen) atoms. The Labute approximate surface area is 140 Å². The third-order valence-electron chi connectivity index (χ3n) is 6.13. The summed E-state index contributed by atoms with van der Waals surface area (Å²) in [6.45, 7) is 10.4. The van der Waals surface area contributed by atoms with E-state index < -0.39 is 5.60 Å². The Morgan fingerprint density at radius 1 is 1.17 bits per heavy atom. The van der Waals surface area contributed by atoms with Crippen molar-refractivity contribution in [2.24, 2.45) is 11.3 Å². The maximum absolute atomic E-state index is 13.0. The van der Waals surface area contributed by atoms with Crippen LogP contribution in [0.3, 0.4) is 0 Å². The average molecular weight is 314 g/mol. The standard InChI is InChI=1S/C21H30O2/c1-19(2,3)23-18(22)21(5)14-8-13-20(4)16-10-7-6-9-15(16)11-12-17(20)21/h6-7,9-10,17H,8,11-14H2,1-5H3. The monoisotopic (exact) mass is 314 g/mol. The Balaban J connectivity index is 1.99. The largest absolute Gasteiger partial charge is 0.460 e. The summed E-state index contributed by atoms with van der Waals surface area (Å²) in [5.41, 5.74) is 2.25. The SMILES string of the molecule is CC(C)(C)OC(=O)C1(C)CCCC2(C)c3ccccc3CCC12. The van der Waals surface area contributed by atoms with Gasteiger partial charge in [-0.1, -0.05) is 37.6 Å². The minimum Gasteiger partial charge on any atom is -0.460 e. The third-order valence-corrected chi connectivity index (χ3v) is 6.13. The zero-order valence-corrected chi connectivity index (χ0v) is 15.2. The molecule has 1 aromatic carbocycles. The van der Waals surface area contributed by atoms with Gasteiger partial charge >= 0.3 is 5.97 Å². The van der Waals surface area contributed by atoms with E-state index in [1.165, 1.54) is 17.5 Å². The van der Waals surface area contributed by atoms with Crippen LogP contribution in [0, 0.1) is 11.3 Å². The average Bonchev–Trinajstić information content (AvgIpc) is 2.45. The summed E-state index contributed by atoms with van der Waals surface area (Å²) in [5.74, 6) is 0.369. The lowest BCUT2D eigenvalue weighted by atomic mass is 9.50. The molecule has 2 nitrogen and oxygen atoms in total. The predicted octanol–water partition coefficient (Wildman–Crippen LogP) is 5.04. The van der Waals surface area contributed by atoms with Crippen molar-refractivity contribution in [2.75, 3.05) is 0 Å². The van der Waals surface area contributed by atoms with Gasteiger partial charge in [0.15, 0.2) is 0 Å². The van der Waals surface area contributed by atoms with E-state index in [1.807, 2.05) is 20.8 Å². The Bertz CT molecular complexity index is 613. The molecule has 0 N–H and O–H groups in total. The van der Waals surface area contributed by atoms with Crippen molar-refractivity contribution in [3.8, 4) is 0 Å². The van der Waals surface area contributed by atoms with Crippen LogP contribution in [0.15, 0.2) is 24.3 Å². The van der Waals surface area contributed by atoms with E-state index in [2.05, 4.69) is 38.1 Å². The van der Waals surface area contributed by atoms with Crippen LogP contribution in [0.2, 0.25) is 0 Å². The number of ether oxygens (including phenoxy) is 1. The normalized spacial score (nSPS) is 33.5. The lowest BCUT2D eigenvalue weighted by molar-refractivity contribution is -0.176. The van der Waals surface area contributed by atoms with Gasteiger partial charge < -0.3 is 4.74 Å². The Hall–Kier alpha value is -1.31. The molecular weight excluding hydrogens is 284 g/mol. The van der Waals surface area contributed by atoms with Crippen LogP contribution >= 0.6 is 0 Å². The van der Waals surface area contributed by atoms with Crippen LogP contribution in [0.5, 0.6) is 0 Å². The first-order chi connectivity index (χ1) is 10.7. The summed E-state index contributed by atoms with van der Waals surface area (Å²) in [6.07, 6.45) is 5.38. The molecule has 0 saturated heterocycles. The number of hydrogen-bond acceptors (Lipinski definition) is 2. The van der Waals surface area contributed by atoms with Gasteiger partial charge in [-0.25, -0.2) is 0 Å². The zero-order valence-electron chi connectivity index (χ0n) is 15.2. The summed E-state index contributed by atoms with van der Waals surface area (Å²) >= 11 is 0. The van der Waals surface area contributed by atoms with Crippen LogP contribution in [0.1, 0.15) is 71.4 Å². The molecule has 1 saturated carbocycles. The van der Waals surface area contributed by atoms with Crippen LogP contribution in [-0.2, 0) is 21.4 Å². The van der Waals surface area contributed by atoms with Gasteiger partial charge in [0.2, 0.25) is 0 Å². The van der Waals surface area contributed by atoms with Crippen molar-refractivity contribution < 1.29 is 9.53 Å². The molecule has 0 heterocycles. The number of hydrogen-bond donors (Lipinski definition) is 0. The van der Waals surface area contributed by atoms with E-state index in [-0.39, 0.29) is 16.8 Å². The minimum atomic E-state index is -0.416. The van der Waals surface area contributed by atoms with Gasteiger partial charge in [-0.15, -0.1) is 0 Å². The number of aryl methyl sites for hydroxylation is 1. The highest BCUT2D eigenvalue weighted by atomic mass is 16.6. The first-order valence-corrected chi connectivity index (χ1v) is 8.99. The molecule has 0 spiro atoms. The molecule has 0 aliphatic heterocycles. The molecule has 3 atom stereocenters. The third kappa shape index (κ3) is 2.70. The van der Waals surface area contributed by atoms with Gasteiger partial charge in [-0.05, 0) is 75.8 Å². The van der Waals surface area contributed by atoms with Crippen molar-refractivity contribution >= 4 is 5.97 Å². The van der Waals surface area contributed by atoms with E-state index in [0.29, 0.717) is 5.92 Å². The van der Waals surface area contributed by atoms with Gasteiger partial charge in [0.1, 0.15) is 5.60 Å². The minimum absolute atomic E-state index is 0.000283. The molecule has 3 unspecified atom stereocenters. The first kappa shape index (κ1) is 16.5. The fourth-order valence-corrected chi connectivity index (χ4v) is 5.07. The molecule has 2 aliphatic rings. The van der Waals surface area contributed by atoms with Crippen molar-refractivity contribution in [1.82, 2.24) is 0 Å². The Morgan fingerprint density at radius 2 is 1.87 bits per heavy atom. The summed E-state index contributed by atoms with van der Waals surface area (Å²) in [4.78, 5) is 13.0. The van der Waals surface area contributed by atoms with Crippen LogP contribution < -0.4 is 0 Å². The fraction of sp³-hybridized carbons (Fsp3) is 0.667. The number of esters is 1. The zero-order chi connectivity index (χ0) is 16.9. The lowest BCUT2D eigenvalue weighted by Crippen LogP contribution is -2.53. The Morgan fingerprint density at radius 3 is 2.57 bits per heavy atom. The van der Waals surface area contributed by atoms with Gasteiger partial charge in [0, 0.05) is 0 Å². The second-order valence-electron chi connectivity index (χ2n) is 8.94. The molecule has 0 radical (unpaired) electrons. The molecule has 126 valence electrons. The lowest BCUT2D eigenvalue weighted by Gasteiger charge is -2.54. The summed E-state index contributed by atoms with van der Waals surface area (Å²) in [7, 11) is 0. The van der Waals surface area contributed by atoms with E-state index >= 15 is 0 Å².